The van der Waals surface area contributed by atoms with Crippen molar-refractivity contribution in [2.75, 3.05) is 6.54 Å². The van der Waals surface area contributed by atoms with Crippen LogP contribution >= 0.6 is 0 Å². The third-order valence-electron chi connectivity index (χ3n) is 5.76. The molecule has 2 N–H and O–H groups in total. The SMILES string of the molecule is C=Cc1cccc(C(C(=O)NC(C)C)N(CCCC)C(=O)C(Cc2ccccc2)NC(=O)OC(C)(C)C)c1. The van der Waals surface area contributed by atoms with Gasteiger partial charge >= 0.3 is 6.09 Å². The number of benzene rings is 2. The van der Waals surface area contributed by atoms with Crippen LogP contribution in [0.2, 0.25) is 0 Å². The minimum Gasteiger partial charge on any atom is -0.444 e. The molecule has 7 nitrogen and oxygen atoms in total. The molecule has 206 valence electrons. The summed E-state index contributed by atoms with van der Waals surface area (Å²) in [6, 6.07) is 15.0. The van der Waals surface area contributed by atoms with Gasteiger partial charge in [0, 0.05) is 19.0 Å². The van der Waals surface area contributed by atoms with Gasteiger partial charge in [-0.3, -0.25) is 9.59 Å². The fourth-order valence-electron chi connectivity index (χ4n) is 4.09. The molecule has 0 saturated carbocycles. The molecule has 0 aliphatic rings. The van der Waals surface area contributed by atoms with E-state index in [-0.39, 0.29) is 24.3 Å². The predicted molar refractivity (Wildman–Crippen MR) is 152 cm³/mol. The van der Waals surface area contributed by atoms with Crippen LogP contribution in [-0.2, 0) is 20.7 Å². The van der Waals surface area contributed by atoms with Crippen molar-refractivity contribution in [2.45, 2.75) is 84.5 Å². The van der Waals surface area contributed by atoms with E-state index in [0.29, 0.717) is 18.5 Å². The lowest BCUT2D eigenvalue weighted by Crippen LogP contribution is -2.54. The van der Waals surface area contributed by atoms with Gasteiger partial charge in [0.2, 0.25) is 11.8 Å². The molecule has 38 heavy (non-hydrogen) atoms. The third kappa shape index (κ3) is 9.69. The van der Waals surface area contributed by atoms with E-state index in [4.69, 9.17) is 4.74 Å². The van der Waals surface area contributed by atoms with E-state index in [1.807, 2.05) is 75.4 Å². The average Bonchev–Trinajstić information content (AvgIpc) is 2.84. The zero-order chi connectivity index (χ0) is 28.3. The highest BCUT2D eigenvalue weighted by atomic mass is 16.6. The number of nitrogens with one attached hydrogen (secondary N) is 2. The smallest absolute Gasteiger partial charge is 0.408 e. The summed E-state index contributed by atoms with van der Waals surface area (Å²) in [6.07, 6.45) is 2.81. The monoisotopic (exact) mass is 521 g/mol. The molecule has 0 heterocycles. The van der Waals surface area contributed by atoms with Gasteiger partial charge in [-0.1, -0.05) is 74.5 Å². The maximum atomic E-state index is 14.3. The first-order chi connectivity index (χ1) is 17.9. The fraction of sp³-hybridized carbons (Fsp3) is 0.452. The molecule has 2 aromatic rings. The van der Waals surface area contributed by atoms with E-state index in [1.165, 1.54) is 0 Å². The molecule has 2 aromatic carbocycles. The Bertz CT molecular complexity index is 1080. The maximum absolute atomic E-state index is 14.3. The Morgan fingerprint density at radius 3 is 2.29 bits per heavy atom. The number of carbonyl (C=O) groups is 3. The van der Waals surface area contributed by atoms with Crippen LogP contribution in [0.15, 0.2) is 61.2 Å². The topological polar surface area (TPSA) is 87.7 Å². The van der Waals surface area contributed by atoms with Gasteiger partial charge in [-0.15, -0.1) is 0 Å². The molecule has 3 amide bonds. The molecule has 0 saturated heterocycles. The van der Waals surface area contributed by atoms with Crippen molar-refractivity contribution in [3.05, 3.63) is 77.9 Å². The van der Waals surface area contributed by atoms with E-state index in [1.54, 1.807) is 31.7 Å². The summed E-state index contributed by atoms with van der Waals surface area (Å²) in [5.41, 5.74) is 1.69. The van der Waals surface area contributed by atoms with Gasteiger partial charge in [-0.2, -0.15) is 0 Å². The summed E-state index contributed by atoms with van der Waals surface area (Å²) in [7, 11) is 0. The molecule has 7 heteroatoms. The highest BCUT2D eigenvalue weighted by Crippen LogP contribution is 2.25. The van der Waals surface area contributed by atoms with Gasteiger partial charge in [-0.05, 0) is 63.8 Å². The van der Waals surface area contributed by atoms with Gasteiger partial charge < -0.3 is 20.3 Å². The molecule has 0 spiro atoms. The van der Waals surface area contributed by atoms with Crippen LogP contribution in [-0.4, -0.2) is 47.0 Å². The van der Waals surface area contributed by atoms with Gasteiger partial charge in [0.25, 0.3) is 0 Å². The number of rotatable bonds is 12. The first kappa shape index (κ1) is 30.6. The molecule has 0 bridgehead atoms. The van der Waals surface area contributed by atoms with Crippen LogP contribution in [0.25, 0.3) is 6.08 Å². The van der Waals surface area contributed by atoms with E-state index < -0.39 is 23.8 Å². The van der Waals surface area contributed by atoms with Crippen molar-refractivity contribution in [2.24, 2.45) is 0 Å². The number of nitrogens with zero attached hydrogens (tertiary/aromatic N) is 1. The Labute approximate surface area is 227 Å². The fourth-order valence-corrected chi connectivity index (χ4v) is 4.09. The average molecular weight is 522 g/mol. The molecule has 2 atom stereocenters. The molecule has 0 aliphatic carbocycles. The lowest BCUT2D eigenvalue weighted by atomic mass is 9.98. The zero-order valence-electron chi connectivity index (χ0n) is 23.6. The molecular weight excluding hydrogens is 478 g/mol. The zero-order valence-corrected chi connectivity index (χ0v) is 23.6. The second-order valence-electron chi connectivity index (χ2n) is 10.7. The minimum atomic E-state index is -0.930. The standard InChI is InChI=1S/C31H43N3O4/c1-8-10-19-34(27(28(35)32-22(3)4)25-18-14-17-23(9-2)20-25)29(36)26(21-24-15-12-11-13-16-24)33-30(37)38-31(5,6)7/h9,11-18,20,22,26-27H,2,8,10,19,21H2,1,3-7H3,(H,32,35)(H,33,37). The number of alkyl carbamates (subject to hydrolysis) is 1. The number of hydrogen-bond acceptors (Lipinski definition) is 4. The molecule has 0 aliphatic heterocycles. The Balaban J connectivity index is 2.56. The quantitative estimate of drug-likeness (QED) is 0.377. The van der Waals surface area contributed by atoms with E-state index in [0.717, 1.165) is 17.5 Å². The van der Waals surface area contributed by atoms with Crippen LogP contribution in [0.3, 0.4) is 0 Å². The highest BCUT2D eigenvalue weighted by molar-refractivity contribution is 5.92. The van der Waals surface area contributed by atoms with Crippen molar-refractivity contribution in [1.82, 2.24) is 15.5 Å². The molecule has 2 rings (SSSR count). The summed E-state index contributed by atoms with van der Waals surface area (Å²) in [5.74, 6) is -0.623. The van der Waals surface area contributed by atoms with Gasteiger partial charge in [0.1, 0.15) is 17.7 Å². The van der Waals surface area contributed by atoms with Gasteiger partial charge in [-0.25, -0.2) is 4.79 Å². The summed E-state index contributed by atoms with van der Waals surface area (Å²) in [4.78, 5) is 42.3. The maximum Gasteiger partial charge on any atom is 0.408 e. The van der Waals surface area contributed by atoms with Crippen LogP contribution in [0, 0.1) is 0 Å². The molecule has 0 aromatic heterocycles. The van der Waals surface area contributed by atoms with Gasteiger partial charge in [0.05, 0.1) is 0 Å². The van der Waals surface area contributed by atoms with Gasteiger partial charge in [0.15, 0.2) is 0 Å². The van der Waals surface area contributed by atoms with E-state index in [9.17, 15) is 14.4 Å². The second kappa shape index (κ2) is 14.4. The molecular formula is C31H43N3O4. The Kier molecular flexibility index (Phi) is 11.6. The molecule has 0 radical (unpaired) electrons. The Hall–Kier alpha value is -3.61. The number of ether oxygens (including phenoxy) is 1. The summed E-state index contributed by atoms with van der Waals surface area (Å²) in [5, 5.41) is 5.77. The van der Waals surface area contributed by atoms with Crippen molar-refractivity contribution in [3.8, 4) is 0 Å². The van der Waals surface area contributed by atoms with Crippen molar-refractivity contribution in [3.63, 3.8) is 0 Å². The number of carbonyl (C=O) groups excluding carboxylic acids is 3. The Morgan fingerprint density at radius 1 is 1.03 bits per heavy atom. The number of amides is 3. The van der Waals surface area contributed by atoms with Crippen LogP contribution < -0.4 is 10.6 Å². The van der Waals surface area contributed by atoms with Crippen LogP contribution in [0.5, 0.6) is 0 Å². The van der Waals surface area contributed by atoms with Crippen LogP contribution in [0.4, 0.5) is 4.79 Å². The second-order valence-corrected chi connectivity index (χ2v) is 10.7. The highest BCUT2D eigenvalue weighted by Gasteiger charge is 2.36. The lowest BCUT2D eigenvalue weighted by Gasteiger charge is -2.35. The Morgan fingerprint density at radius 2 is 1.71 bits per heavy atom. The lowest BCUT2D eigenvalue weighted by molar-refractivity contribution is -0.142. The van der Waals surface area contributed by atoms with Crippen molar-refractivity contribution < 1.29 is 19.1 Å². The van der Waals surface area contributed by atoms with Crippen molar-refractivity contribution >= 4 is 24.0 Å². The van der Waals surface area contributed by atoms with E-state index in [2.05, 4.69) is 17.2 Å². The normalized spacial score (nSPS) is 12.8. The first-order valence-corrected chi connectivity index (χ1v) is 13.3. The largest absolute Gasteiger partial charge is 0.444 e. The van der Waals surface area contributed by atoms with E-state index >= 15 is 0 Å². The first-order valence-electron chi connectivity index (χ1n) is 13.3. The number of hydrogen-bond donors (Lipinski definition) is 2. The van der Waals surface area contributed by atoms with Crippen molar-refractivity contribution in [1.29, 1.82) is 0 Å². The summed E-state index contributed by atoms with van der Waals surface area (Å²) < 4.78 is 5.48. The minimum absolute atomic E-state index is 0.115. The van der Waals surface area contributed by atoms with Crippen LogP contribution in [0.1, 0.15) is 77.1 Å². The third-order valence-corrected chi connectivity index (χ3v) is 5.76. The summed E-state index contributed by atoms with van der Waals surface area (Å²) >= 11 is 0. The molecule has 0 fully saturated rings. The molecule has 2 unspecified atom stereocenters. The number of unbranched alkanes of at least 4 members (excludes halogenated alkanes) is 1. The predicted octanol–water partition coefficient (Wildman–Crippen LogP) is 5.66. The summed E-state index contributed by atoms with van der Waals surface area (Å²) in [6.45, 7) is 15.3.